The Morgan fingerprint density at radius 2 is 2.00 bits per heavy atom. The second-order valence-electron chi connectivity index (χ2n) is 5.48. The molecular weight excluding hydrogens is 188 g/mol. The fraction of sp³-hybridized carbons (Fsp3) is 1.00. The molecule has 0 amide bonds. The number of rotatable bonds is 1. The Hall–Kier alpha value is -0.120. The molecule has 2 saturated heterocycles. The lowest BCUT2D eigenvalue weighted by Gasteiger charge is -2.37. The van der Waals surface area contributed by atoms with Crippen LogP contribution in [0.4, 0.5) is 0 Å². The fourth-order valence-electron chi connectivity index (χ4n) is 2.71. The van der Waals surface area contributed by atoms with E-state index in [1.54, 1.807) is 0 Å². The van der Waals surface area contributed by atoms with Crippen LogP contribution in [0.5, 0.6) is 0 Å². The normalized spacial score (nSPS) is 30.0. The van der Waals surface area contributed by atoms with Gasteiger partial charge in [0.1, 0.15) is 0 Å². The van der Waals surface area contributed by atoms with Crippen LogP contribution in [0, 0.1) is 0 Å². The van der Waals surface area contributed by atoms with Crippen molar-refractivity contribution >= 4 is 0 Å². The van der Waals surface area contributed by atoms with Crippen molar-refractivity contribution in [1.29, 1.82) is 0 Å². The molecule has 0 unspecified atom stereocenters. The van der Waals surface area contributed by atoms with Gasteiger partial charge in [-0.15, -0.1) is 0 Å². The van der Waals surface area contributed by atoms with Crippen molar-refractivity contribution in [1.82, 2.24) is 10.2 Å². The van der Waals surface area contributed by atoms with E-state index in [9.17, 15) is 0 Å². The molecule has 3 heteroatoms. The third-order valence-electron chi connectivity index (χ3n) is 3.53. The highest BCUT2D eigenvalue weighted by Gasteiger charge is 2.29. The van der Waals surface area contributed by atoms with E-state index in [-0.39, 0.29) is 5.54 Å². The van der Waals surface area contributed by atoms with Crippen LogP contribution in [0.2, 0.25) is 0 Å². The smallest absolute Gasteiger partial charge is 0.0480 e. The van der Waals surface area contributed by atoms with Gasteiger partial charge in [-0.05, 0) is 46.2 Å². The Morgan fingerprint density at radius 1 is 1.27 bits per heavy atom. The Bertz CT molecular complexity index is 200. The summed E-state index contributed by atoms with van der Waals surface area (Å²) in [6, 6.07) is 0.762. The van der Waals surface area contributed by atoms with E-state index in [1.165, 1.54) is 32.4 Å². The van der Waals surface area contributed by atoms with Crippen LogP contribution >= 0.6 is 0 Å². The van der Waals surface area contributed by atoms with E-state index in [2.05, 4.69) is 24.1 Å². The summed E-state index contributed by atoms with van der Waals surface area (Å²) in [4.78, 5) is 2.67. The van der Waals surface area contributed by atoms with E-state index in [0.717, 1.165) is 25.8 Å². The summed E-state index contributed by atoms with van der Waals surface area (Å²) in [6.07, 6.45) is 3.72. The molecule has 0 aromatic rings. The van der Waals surface area contributed by atoms with E-state index < -0.39 is 0 Å². The molecule has 0 atom stereocenters. The predicted molar refractivity (Wildman–Crippen MR) is 62.1 cm³/mol. The summed E-state index contributed by atoms with van der Waals surface area (Å²) in [5.74, 6) is 0. The molecule has 2 heterocycles. The van der Waals surface area contributed by atoms with Crippen LogP contribution in [0.15, 0.2) is 0 Å². The highest BCUT2D eigenvalue weighted by Crippen LogP contribution is 2.19. The maximum absolute atomic E-state index is 5.43. The van der Waals surface area contributed by atoms with Gasteiger partial charge in [0.25, 0.3) is 0 Å². The van der Waals surface area contributed by atoms with Gasteiger partial charge in [0, 0.05) is 31.3 Å². The summed E-state index contributed by atoms with van der Waals surface area (Å²) in [6.45, 7) is 10.1. The summed E-state index contributed by atoms with van der Waals surface area (Å²) >= 11 is 0. The molecule has 3 nitrogen and oxygen atoms in total. The Kier molecular flexibility index (Phi) is 3.65. The van der Waals surface area contributed by atoms with E-state index in [4.69, 9.17) is 4.74 Å². The summed E-state index contributed by atoms with van der Waals surface area (Å²) in [5.41, 5.74) is 0.273. The van der Waals surface area contributed by atoms with Crippen molar-refractivity contribution in [2.45, 2.75) is 44.7 Å². The predicted octanol–water partition coefficient (Wildman–Crippen LogP) is 1.24. The highest BCUT2D eigenvalue weighted by atomic mass is 16.5. The summed E-state index contributed by atoms with van der Waals surface area (Å²) < 4.78 is 5.43. The van der Waals surface area contributed by atoms with Gasteiger partial charge in [-0.3, -0.25) is 4.90 Å². The molecule has 2 rings (SSSR count). The largest absolute Gasteiger partial charge is 0.381 e. The molecule has 0 spiro atoms. The molecule has 1 N–H and O–H groups in total. The average molecular weight is 212 g/mol. The minimum Gasteiger partial charge on any atom is -0.381 e. The van der Waals surface area contributed by atoms with Crippen LogP contribution in [-0.2, 0) is 4.74 Å². The zero-order valence-corrected chi connectivity index (χ0v) is 10.1. The molecule has 15 heavy (non-hydrogen) atoms. The SMILES string of the molecule is CC1(C)CN(C2CCOCC2)CCCN1. The quantitative estimate of drug-likeness (QED) is 0.708. The van der Waals surface area contributed by atoms with Crippen molar-refractivity contribution in [3.63, 3.8) is 0 Å². The maximum Gasteiger partial charge on any atom is 0.0480 e. The molecule has 0 bridgehead atoms. The van der Waals surface area contributed by atoms with Crippen LogP contribution in [0.1, 0.15) is 33.1 Å². The first-order chi connectivity index (χ1) is 7.17. The van der Waals surface area contributed by atoms with Gasteiger partial charge < -0.3 is 10.1 Å². The first-order valence-corrected chi connectivity index (χ1v) is 6.24. The van der Waals surface area contributed by atoms with Crippen molar-refractivity contribution in [3.05, 3.63) is 0 Å². The lowest BCUT2D eigenvalue weighted by Crippen LogP contribution is -2.50. The Labute approximate surface area is 93.2 Å². The van der Waals surface area contributed by atoms with Gasteiger partial charge in [0.15, 0.2) is 0 Å². The van der Waals surface area contributed by atoms with Gasteiger partial charge in [0.2, 0.25) is 0 Å². The van der Waals surface area contributed by atoms with Crippen LogP contribution in [-0.4, -0.2) is 49.3 Å². The molecule has 2 aliphatic rings. The number of hydrogen-bond acceptors (Lipinski definition) is 3. The lowest BCUT2D eigenvalue weighted by molar-refractivity contribution is 0.0296. The minimum atomic E-state index is 0.273. The van der Waals surface area contributed by atoms with Crippen LogP contribution in [0.3, 0.4) is 0 Å². The summed E-state index contributed by atoms with van der Waals surface area (Å²) in [5, 5.41) is 3.62. The average Bonchev–Trinajstić information content (AvgIpc) is 2.41. The van der Waals surface area contributed by atoms with E-state index in [0.29, 0.717) is 0 Å². The number of ether oxygens (including phenoxy) is 1. The minimum absolute atomic E-state index is 0.273. The highest BCUT2D eigenvalue weighted by molar-refractivity contribution is 4.88. The Morgan fingerprint density at radius 3 is 2.73 bits per heavy atom. The van der Waals surface area contributed by atoms with Gasteiger partial charge in [0.05, 0.1) is 0 Å². The zero-order chi connectivity index (χ0) is 10.7. The van der Waals surface area contributed by atoms with Crippen LogP contribution < -0.4 is 5.32 Å². The standard InChI is InChI=1S/C12H24N2O/c1-12(2)10-14(7-3-6-13-12)11-4-8-15-9-5-11/h11,13H,3-10H2,1-2H3. The topological polar surface area (TPSA) is 24.5 Å². The molecule has 0 aliphatic carbocycles. The third-order valence-corrected chi connectivity index (χ3v) is 3.53. The molecule has 0 aromatic heterocycles. The molecule has 0 saturated carbocycles. The van der Waals surface area contributed by atoms with E-state index >= 15 is 0 Å². The molecular formula is C12H24N2O. The maximum atomic E-state index is 5.43. The Balaban J connectivity index is 1.94. The van der Waals surface area contributed by atoms with Crippen molar-refractivity contribution in [3.8, 4) is 0 Å². The van der Waals surface area contributed by atoms with Gasteiger partial charge in [-0.1, -0.05) is 0 Å². The lowest BCUT2D eigenvalue weighted by atomic mass is 10.0. The van der Waals surface area contributed by atoms with Crippen molar-refractivity contribution in [2.24, 2.45) is 0 Å². The van der Waals surface area contributed by atoms with Gasteiger partial charge >= 0.3 is 0 Å². The van der Waals surface area contributed by atoms with Crippen molar-refractivity contribution < 1.29 is 4.74 Å². The second-order valence-corrected chi connectivity index (χ2v) is 5.48. The number of nitrogens with one attached hydrogen (secondary N) is 1. The molecule has 88 valence electrons. The fourth-order valence-corrected chi connectivity index (χ4v) is 2.71. The first kappa shape index (κ1) is 11.4. The number of hydrogen-bond donors (Lipinski definition) is 1. The third kappa shape index (κ3) is 3.16. The van der Waals surface area contributed by atoms with Gasteiger partial charge in [-0.2, -0.15) is 0 Å². The monoisotopic (exact) mass is 212 g/mol. The van der Waals surface area contributed by atoms with Crippen LogP contribution in [0.25, 0.3) is 0 Å². The molecule has 0 aromatic carbocycles. The number of nitrogens with zero attached hydrogens (tertiary/aromatic N) is 1. The zero-order valence-electron chi connectivity index (χ0n) is 10.1. The second kappa shape index (κ2) is 4.81. The summed E-state index contributed by atoms with van der Waals surface area (Å²) in [7, 11) is 0. The first-order valence-electron chi connectivity index (χ1n) is 6.24. The van der Waals surface area contributed by atoms with Gasteiger partial charge in [-0.25, -0.2) is 0 Å². The van der Waals surface area contributed by atoms with Crippen molar-refractivity contribution in [2.75, 3.05) is 32.8 Å². The molecule has 2 fully saturated rings. The molecule has 2 aliphatic heterocycles. The van der Waals surface area contributed by atoms with E-state index in [1.807, 2.05) is 0 Å². The molecule has 0 radical (unpaired) electrons.